The highest BCUT2D eigenvalue weighted by molar-refractivity contribution is 6.23. The summed E-state index contributed by atoms with van der Waals surface area (Å²) in [4.78, 5) is 66.7. The van der Waals surface area contributed by atoms with Gasteiger partial charge in [0.05, 0.1) is 28.4 Å². The van der Waals surface area contributed by atoms with Gasteiger partial charge in [0.15, 0.2) is 0 Å². The number of nitro groups is 1. The topological polar surface area (TPSA) is 127 Å². The summed E-state index contributed by atoms with van der Waals surface area (Å²) >= 11 is 0. The molecule has 2 fully saturated rings. The SMILES string of the molecule is O=C(Oc1ccc(N2C(=O)[C@@H]3C4c5ccccc5C(c5ccccc54)[C@H]3C2=O)cc1)[C@H]1CC(=O)N(c2ccc([N+](=O)[O-])cc2)C1. The van der Waals surface area contributed by atoms with E-state index in [9.17, 15) is 29.3 Å². The molecule has 0 spiro atoms. The molecule has 2 aliphatic heterocycles. The molecule has 4 aromatic rings. The Balaban J connectivity index is 0.997. The van der Waals surface area contributed by atoms with E-state index in [0.29, 0.717) is 11.4 Å². The molecule has 9 rings (SSSR count). The molecule has 0 aromatic heterocycles. The second-order valence-electron chi connectivity index (χ2n) is 11.9. The standard InChI is InChI=1S/C35H25N3O7/c39-28-17-19(18-36(28)20-9-11-22(12-10-20)38(43)44)35(42)45-23-15-13-21(14-16-23)37-33(40)31-29-24-5-1-2-6-25(24)30(32(31)34(37)41)27-8-4-3-7-26(27)29/h1-16,19,29-32H,17-18H2/t19-,29?,30?,31+,32+/m0/s1. The van der Waals surface area contributed by atoms with Gasteiger partial charge >= 0.3 is 5.97 Å². The van der Waals surface area contributed by atoms with E-state index >= 15 is 0 Å². The van der Waals surface area contributed by atoms with Gasteiger partial charge < -0.3 is 9.64 Å². The van der Waals surface area contributed by atoms with Crippen LogP contribution in [0.1, 0.15) is 40.5 Å². The predicted molar refractivity (Wildman–Crippen MR) is 162 cm³/mol. The zero-order valence-electron chi connectivity index (χ0n) is 23.7. The van der Waals surface area contributed by atoms with Crippen molar-refractivity contribution in [1.82, 2.24) is 0 Å². The molecule has 2 bridgehead atoms. The number of ether oxygens (including phenoxy) is 1. The summed E-state index contributed by atoms with van der Waals surface area (Å²) in [5.41, 5.74) is 5.19. The molecule has 0 unspecified atom stereocenters. The second kappa shape index (κ2) is 9.95. The summed E-state index contributed by atoms with van der Waals surface area (Å²) in [5, 5.41) is 10.9. The van der Waals surface area contributed by atoms with E-state index in [2.05, 4.69) is 24.3 Å². The van der Waals surface area contributed by atoms with Crippen molar-refractivity contribution >= 4 is 40.8 Å². The first-order valence-corrected chi connectivity index (χ1v) is 14.7. The van der Waals surface area contributed by atoms with Crippen LogP contribution < -0.4 is 14.5 Å². The number of nitrogens with zero attached hydrogens (tertiary/aromatic N) is 3. The molecule has 5 aliphatic rings. The van der Waals surface area contributed by atoms with Gasteiger partial charge in [-0.2, -0.15) is 0 Å². The van der Waals surface area contributed by atoms with Crippen LogP contribution in [0.15, 0.2) is 97.1 Å². The second-order valence-corrected chi connectivity index (χ2v) is 11.9. The smallest absolute Gasteiger partial charge is 0.316 e. The lowest BCUT2D eigenvalue weighted by atomic mass is 9.55. The number of carbonyl (C=O) groups excluding carboxylic acids is 4. The van der Waals surface area contributed by atoms with Crippen LogP contribution in [0.25, 0.3) is 0 Å². The molecule has 222 valence electrons. The lowest BCUT2D eigenvalue weighted by Gasteiger charge is -2.45. The number of nitro benzene ring substituents is 1. The average Bonchev–Trinajstić information content (AvgIpc) is 3.58. The van der Waals surface area contributed by atoms with E-state index in [1.54, 1.807) is 24.3 Å². The van der Waals surface area contributed by atoms with Crippen LogP contribution in [0.4, 0.5) is 17.1 Å². The summed E-state index contributed by atoms with van der Waals surface area (Å²) in [6.07, 6.45) is -0.0550. The summed E-state index contributed by atoms with van der Waals surface area (Å²) < 4.78 is 5.58. The van der Waals surface area contributed by atoms with E-state index < -0.39 is 28.6 Å². The molecule has 2 heterocycles. The minimum atomic E-state index is -0.726. The molecule has 3 aliphatic carbocycles. The van der Waals surface area contributed by atoms with Gasteiger partial charge in [-0.1, -0.05) is 48.5 Å². The predicted octanol–water partition coefficient (Wildman–Crippen LogP) is 4.95. The maximum absolute atomic E-state index is 14.0. The molecule has 10 heteroatoms. The number of benzene rings is 4. The molecular formula is C35H25N3O7. The number of hydrogen-bond donors (Lipinski definition) is 0. The summed E-state index contributed by atoms with van der Waals surface area (Å²) in [6.45, 7) is 0.0836. The molecular weight excluding hydrogens is 574 g/mol. The van der Waals surface area contributed by atoms with E-state index in [-0.39, 0.29) is 54.0 Å². The molecule has 4 aromatic carbocycles. The van der Waals surface area contributed by atoms with E-state index in [0.717, 1.165) is 22.3 Å². The minimum Gasteiger partial charge on any atom is -0.426 e. The molecule has 0 radical (unpaired) electrons. The first-order valence-electron chi connectivity index (χ1n) is 14.7. The maximum Gasteiger partial charge on any atom is 0.316 e. The highest BCUT2D eigenvalue weighted by atomic mass is 16.6. The Hall–Kier alpha value is -5.64. The Bertz CT molecular complexity index is 1820. The fraction of sp³-hybridized carbons (Fsp3) is 0.200. The van der Waals surface area contributed by atoms with Gasteiger partial charge in [-0.05, 0) is 58.7 Å². The van der Waals surface area contributed by atoms with Crippen LogP contribution >= 0.6 is 0 Å². The Labute approximate surface area is 257 Å². The Morgan fingerprint density at radius 2 is 1.20 bits per heavy atom. The van der Waals surface area contributed by atoms with Gasteiger partial charge in [0, 0.05) is 42.6 Å². The third-order valence-electron chi connectivity index (χ3n) is 9.59. The molecule has 2 saturated heterocycles. The largest absolute Gasteiger partial charge is 0.426 e. The maximum atomic E-state index is 14.0. The van der Waals surface area contributed by atoms with Crippen LogP contribution in [0.5, 0.6) is 5.75 Å². The normalized spacial score (nSPS) is 24.4. The zero-order chi connectivity index (χ0) is 31.0. The zero-order valence-corrected chi connectivity index (χ0v) is 23.7. The number of carbonyl (C=O) groups is 4. The van der Waals surface area contributed by atoms with Crippen molar-refractivity contribution in [1.29, 1.82) is 0 Å². The van der Waals surface area contributed by atoms with Gasteiger partial charge in [0.1, 0.15) is 5.75 Å². The van der Waals surface area contributed by atoms with Crippen molar-refractivity contribution in [3.8, 4) is 5.75 Å². The van der Waals surface area contributed by atoms with Crippen LogP contribution in [0, 0.1) is 27.9 Å². The molecule has 10 nitrogen and oxygen atoms in total. The van der Waals surface area contributed by atoms with Crippen LogP contribution in [-0.2, 0) is 19.2 Å². The number of hydrogen-bond acceptors (Lipinski definition) is 7. The molecule has 45 heavy (non-hydrogen) atoms. The molecule has 3 atom stereocenters. The van der Waals surface area contributed by atoms with Crippen LogP contribution in [0.3, 0.4) is 0 Å². The summed E-state index contributed by atoms with van der Waals surface area (Å²) in [7, 11) is 0. The van der Waals surface area contributed by atoms with E-state index in [1.807, 2.05) is 24.3 Å². The lowest BCUT2D eigenvalue weighted by molar-refractivity contribution is -0.384. The number of rotatable bonds is 5. The summed E-state index contributed by atoms with van der Waals surface area (Å²) in [6, 6.07) is 28.0. The highest BCUT2D eigenvalue weighted by Gasteiger charge is 2.61. The van der Waals surface area contributed by atoms with Crippen molar-refractivity contribution in [3.05, 3.63) is 129 Å². The fourth-order valence-corrected chi connectivity index (χ4v) is 7.66. The van der Waals surface area contributed by atoms with Gasteiger partial charge in [-0.15, -0.1) is 0 Å². The molecule has 3 amide bonds. The van der Waals surface area contributed by atoms with Crippen LogP contribution in [-0.4, -0.2) is 35.2 Å². The first-order chi connectivity index (χ1) is 21.8. The highest BCUT2D eigenvalue weighted by Crippen LogP contribution is 2.61. The minimum absolute atomic E-state index is 0.0550. The van der Waals surface area contributed by atoms with Crippen LogP contribution in [0.2, 0.25) is 0 Å². The molecule has 0 N–H and O–H groups in total. The third kappa shape index (κ3) is 4.02. The number of non-ortho nitro benzene ring substituents is 1. The van der Waals surface area contributed by atoms with E-state index in [1.165, 1.54) is 34.1 Å². The van der Waals surface area contributed by atoms with Crippen molar-refractivity contribution < 1.29 is 28.8 Å². The first kappa shape index (κ1) is 26.9. The number of esters is 1. The Morgan fingerprint density at radius 3 is 1.69 bits per heavy atom. The molecule has 0 saturated carbocycles. The average molecular weight is 600 g/mol. The van der Waals surface area contributed by atoms with Gasteiger partial charge in [-0.25, -0.2) is 4.90 Å². The Kier molecular flexibility index (Phi) is 5.96. The van der Waals surface area contributed by atoms with Gasteiger partial charge in [0.2, 0.25) is 17.7 Å². The lowest BCUT2D eigenvalue weighted by Crippen LogP contribution is -2.41. The fourth-order valence-electron chi connectivity index (χ4n) is 7.66. The van der Waals surface area contributed by atoms with Gasteiger partial charge in [-0.3, -0.25) is 29.3 Å². The number of anilines is 2. The summed E-state index contributed by atoms with van der Waals surface area (Å²) in [5.74, 6) is -3.24. The van der Waals surface area contributed by atoms with Crippen molar-refractivity contribution in [3.63, 3.8) is 0 Å². The number of imide groups is 1. The Morgan fingerprint density at radius 1 is 0.711 bits per heavy atom. The van der Waals surface area contributed by atoms with Gasteiger partial charge in [0.25, 0.3) is 5.69 Å². The quantitative estimate of drug-likeness (QED) is 0.104. The van der Waals surface area contributed by atoms with Crippen molar-refractivity contribution in [2.75, 3.05) is 16.3 Å². The van der Waals surface area contributed by atoms with Crippen molar-refractivity contribution in [2.45, 2.75) is 18.3 Å². The van der Waals surface area contributed by atoms with Crippen molar-refractivity contribution in [2.24, 2.45) is 17.8 Å². The van der Waals surface area contributed by atoms with E-state index in [4.69, 9.17) is 4.74 Å². The third-order valence-corrected chi connectivity index (χ3v) is 9.59. The monoisotopic (exact) mass is 599 g/mol. The number of amides is 3.